The summed E-state index contributed by atoms with van der Waals surface area (Å²) >= 11 is 0. The van der Waals surface area contributed by atoms with Crippen molar-refractivity contribution in [1.29, 1.82) is 0 Å². The monoisotopic (exact) mass is 367 g/mol. The van der Waals surface area contributed by atoms with Gasteiger partial charge in [0.1, 0.15) is 5.76 Å². The number of nitrogens with zero attached hydrogens (tertiary/aromatic N) is 2. The molecule has 0 spiro atoms. The van der Waals surface area contributed by atoms with E-state index in [0.29, 0.717) is 0 Å². The van der Waals surface area contributed by atoms with Gasteiger partial charge in [0.15, 0.2) is 0 Å². The Morgan fingerprint density at radius 1 is 0.857 bits per heavy atom. The maximum Gasteiger partial charge on any atom is 0.141 e. The molecule has 3 aromatic rings. The lowest BCUT2D eigenvalue weighted by Crippen LogP contribution is -1.82. The first-order chi connectivity index (χ1) is 13.7. The Hall–Kier alpha value is -3.66. The minimum absolute atomic E-state index is 0.823. The lowest BCUT2D eigenvalue weighted by molar-refractivity contribution is 0.393. The molecule has 0 radical (unpaired) electrons. The minimum atomic E-state index is 0.823. The maximum absolute atomic E-state index is 5.19. The van der Waals surface area contributed by atoms with Gasteiger partial charge < -0.3 is 9.51 Å². The van der Waals surface area contributed by atoms with Crippen LogP contribution in [0.25, 0.3) is 24.3 Å². The zero-order chi connectivity index (χ0) is 19.3. The zero-order valence-electron chi connectivity index (χ0n) is 15.9. The van der Waals surface area contributed by atoms with E-state index in [1.165, 1.54) is 0 Å². The number of hydrogen-bond donors (Lipinski definition) is 1. The molecule has 1 aliphatic rings. The molecule has 1 N–H and O–H groups in total. The number of H-pyrrole nitrogens is 1. The molecule has 0 saturated carbocycles. The van der Waals surface area contributed by atoms with Gasteiger partial charge in [0, 0.05) is 17.0 Å². The summed E-state index contributed by atoms with van der Waals surface area (Å²) in [7, 11) is 0. The summed E-state index contributed by atoms with van der Waals surface area (Å²) in [5.41, 5.74) is 6.97. The van der Waals surface area contributed by atoms with Crippen LogP contribution in [-0.4, -0.2) is 15.9 Å². The summed E-state index contributed by atoms with van der Waals surface area (Å²) in [6.07, 6.45) is 14.2. The number of hydrogen-bond acceptors (Lipinski definition) is 3. The molecule has 0 saturated heterocycles. The van der Waals surface area contributed by atoms with Crippen molar-refractivity contribution in [2.75, 3.05) is 0 Å². The average molecular weight is 367 g/mol. The molecule has 4 nitrogen and oxygen atoms in total. The Balaban J connectivity index is 1.45. The number of nitrogens with one attached hydrogen (secondary N) is 1. The largest absolute Gasteiger partial charge is 0.361 e. The smallest absolute Gasteiger partial charge is 0.141 e. The Kier molecular flexibility index (Phi) is 5.02. The van der Waals surface area contributed by atoms with E-state index in [1.54, 1.807) is 0 Å². The second kappa shape index (κ2) is 7.92. The normalized spacial score (nSPS) is 15.4. The molecule has 0 bridgehead atoms. The highest BCUT2D eigenvalue weighted by atomic mass is 16.5. The van der Waals surface area contributed by atoms with Crippen molar-refractivity contribution in [3.63, 3.8) is 0 Å². The van der Waals surface area contributed by atoms with E-state index in [-0.39, 0.29) is 0 Å². The van der Waals surface area contributed by atoms with Crippen LogP contribution in [0.5, 0.6) is 0 Å². The van der Waals surface area contributed by atoms with Crippen LogP contribution in [0.1, 0.15) is 34.0 Å². The van der Waals surface area contributed by atoms with Gasteiger partial charge in [0.05, 0.1) is 17.1 Å². The number of aryl methyl sites for hydroxylation is 2. The summed E-state index contributed by atoms with van der Waals surface area (Å²) in [6.45, 7) is 3.85. The highest BCUT2D eigenvalue weighted by molar-refractivity contribution is 6.09. The molecule has 0 unspecified atom stereocenters. The first-order valence-corrected chi connectivity index (χ1v) is 9.19. The van der Waals surface area contributed by atoms with Gasteiger partial charge in [-0.1, -0.05) is 41.6 Å². The lowest BCUT2D eigenvalue weighted by atomic mass is 10.2. The van der Waals surface area contributed by atoms with Gasteiger partial charge in [-0.15, -0.1) is 0 Å². The molecule has 0 atom stereocenters. The first-order valence-electron chi connectivity index (χ1n) is 9.19. The maximum atomic E-state index is 5.19. The Morgan fingerprint density at radius 2 is 1.68 bits per heavy atom. The Bertz CT molecular complexity index is 1100. The van der Waals surface area contributed by atoms with Gasteiger partial charge >= 0.3 is 0 Å². The van der Waals surface area contributed by atoms with Crippen molar-refractivity contribution in [3.05, 3.63) is 100 Å². The third-order valence-corrected chi connectivity index (χ3v) is 4.48. The highest BCUT2D eigenvalue weighted by Crippen LogP contribution is 2.18. The van der Waals surface area contributed by atoms with Crippen molar-refractivity contribution in [2.24, 2.45) is 4.99 Å². The predicted molar refractivity (Wildman–Crippen MR) is 116 cm³/mol. The number of rotatable bonds is 5. The van der Waals surface area contributed by atoms with E-state index in [9.17, 15) is 0 Å². The summed E-state index contributed by atoms with van der Waals surface area (Å²) < 4.78 is 5.19. The van der Waals surface area contributed by atoms with Crippen molar-refractivity contribution in [1.82, 2.24) is 10.1 Å². The second-order valence-corrected chi connectivity index (χ2v) is 6.62. The van der Waals surface area contributed by atoms with Gasteiger partial charge in [0.25, 0.3) is 0 Å². The van der Waals surface area contributed by atoms with Crippen LogP contribution in [0.2, 0.25) is 0 Å². The summed E-state index contributed by atoms with van der Waals surface area (Å²) in [4.78, 5) is 8.02. The van der Waals surface area contributed by atoms with Crippen LogP contribution in [0.15, 0.2) is 75.9 Å². The number of aromatic amines is 1. The molecule has 4 rings (SSSR count). The topological polar surface area (TPSA) is 54.2 Å². The van der Waals surface area contributed by atoms with Crippen LogP contribution in [-0.2, 0) is 0 Å². The van der Waals surface area contributed by atoms with Gasteiger partial charge in [-0.3, -0.25) is 0 Å². The van der Waals surface area contributed by atoms with Crippen LogP contribution < -0.4 is 0 Å². The highest BCUT2D eigenvalue weighted by Gasteiger charge is 2.05. The lowest BCUT2D eigenvalue weighted by Gasteiger charge is -1.92. The molecule has 138 valence electrons. The van der Waals surface area contributed by atoms with Crippen molar-refractivity contribution < 1.29 is 4.52 Å². The number of allylic oxidation sites excluding steroid dienone is 3. The van der Waals surface area contributed by atoms with E-state index < -0.39 is 0 Å². The Morgan fingerprint density at radius 3 is 2.46 bits per heavy atom. The molecule has 1 aliphatic heterocycles. The fourth-order valence-electron chi connectivity index (χ4n) is 2.98. The van der Waals surface area contributed by atoms with Gasteiger partial charge in [-0.2, -0.15) is 0 Å². The van der Waals surface area contributed by atoms with Gasteiger partial charge in [-0.05, 0) is 68.0 Å². The molecule has 4 heteroatoms. The van der Waals surface area contributed by atoms with Gasteiger partial charge in [0.2, 0.25) is 0 Å². The summed E-state index contributed by atoms with van der Waals surface area (Å²) in [5, 5.41) is 3.97. The molecular weight excluding hydrogens is 346 g/mol. The molecule has 1 aromatic carbocycles. The quantitative estimate of drug-likeness (QED) is 0.614. The molecule has 0 amide bonds. The van der Waals surface area contributed by atoms with E-state index >= 15 is 0 Å². The van der Waals surface area contributed by atoms with Crippen molar-refractivity contribution >= 4 is 30.0 Å². The molecule has 28 heavy (non-hydrogen) atoms. The van der Waals surface area contributed by atoms with Gasteiger partial charge in [-0.25, -0.2) is 4.99 Å². The molecule has 0 aliphatic carbocycles. The fourth-order valence-corrected chi connectivity index (χ4v) is 2.98. The molecule has 0 fully saturated rings. The van der Waals surface area contributed by atoms with E-state index in [4.69, 9.17) is 4.52 Å². The average Bonchev–Trinajstić information content (AvgIpc) is 3.42. The molecule has 3 heterocycles. The van der Waals surface area contributed by atoms with Crippen LogP contribution in [0, 0.1) is 13.8 Å². The zero-order valence-corrected chi connectivity index (χ0v) is 15.9. The number of benzene rings is 1. The van der Waals surface area contributed by atoms with Crippen LogP contribution in [0.3, 0.4) is 0 Å². The Labute approximate surface area is 164 Å². The van der Waals surface area contributed by atoms with Crippen LogP contribution >= 0.6 is 0 Å². The molecular formula is C24H21N3O. The third kappa shape index (κ3) is 4.18. The van der Waals surface area contributed by atoms with E-state index in [1.807, 2.05) is 80.6 Å². The second-order valence-electron chi connectivity index (χ2n) is 6.62. The number of aromatic nitrogens is 2. The molecule has 2 aromatic heterocycles. The van der Waals surface area contributed by atoms with E-state index in [0.717, 1.165) is 45.4 Å². The first kappa shape index (κ1) is 17.7. The fraction of sp³-hybridized carbons (Fsp3) is 0.0833. The summed E-state index contributed by atoms with van der Waals surface area (Å²) in [5.74, 6) is 0.823. The van der Waals surface area contributed by atoms with E-state index in [2.05, 4.69) is 33.3 Å². The number of aliphatic imine (C=N–C) groups is 1. The predicted octanol–water partition coefficient (Wildman–Crippen LogP) is 5.86. The minimum Gasteiger partial charge on any atom is -0.361 e. The SMILES string of the molecule is Cc1noc(C)c1/C=C/c1ccc(/C=C2/C=CC(/C=C/c3ccccc3)=N2)[nH]1. The third-order valence-electron chi connectivity index (χ3n) is 4.48. The summed E-state index contributed by atoms with van der Waals surface area (Å²) in [6, 6.07) is 14.3. The van der Waals surface area contributed by atoms with Crippen molar-refractivity contribution in [3.8, 4) is 0 Å². The van der Waals surface area contributed by atoms with Crippen LogP contribution in [0.4, 0.5) is 0 Å². The standard InChI is InChI=1S/C24H21N3O/c1-17-24(18(2)28-27-17)15-14-21-11-13-23(26-21)16-22-12-10-20(25-22)9-8-19-6-4-3-5-7-19/h3-16,26H,1-2H3/b9-8+,15-14+,22-16-. The van der Waals surface area contributed by atoms with Crippen molar-refractivity contribution in [2.45, 2.75) is 13.8 Å².